The van der Waals surface area contributed by atoms with E-state index in [0.29, 0.717) is 17.2 Å². The van der Waals surface area contributed by atoms with Crippen molar-refractivity contribution in [3.05, 3.63) is 27.7 Å². The molecule has 0 radical (unpaired) electrons. The number of pyridine rings is 1. The Labute approximate surface area is 82.3 Å². The minimum atomic E-state index is -0.0939. The van der Waals surface area contributed by atoms with Gasteiger partial charge in [-0.25, -0.2) is 0 Å². The lowest BCUT2D eigenvalue weighted by atomic mass is 9.82. The molecule has 14 heavy (non-hydrogen) atoms. The zero-order chi connectivity index (χ0) is 10.1. The van der Waals surface area contributed by atoms with Gasteiger partial charge in [0, 0.05) is 23.7 Å². The molecule has 0 aromatic carbocycles. The van der Waals surface area contributed by atoms with Crippen LogP contribution in [-0.2, 0) is 6.54 Å². The molecule has 1 aliphatic carbocycles. The zero-order valence-electron chi connectivity index (χ0n) is 8.05. The van der Waals surface area contributed by atoms with Gasteiger partial charge in [0.15, 0.2) is 0 Å². The first-order chi connectivity index (χ1) is 6.72. The fraction of sp³-hybridized carbons (Fsp3) is 0.500. The average molecular weight is 193 g/mol. The molecule has 1 aromatic rings. The fourth-order valence-corrected chi connectivity index (χ4v) is 1.79. The second-order valence-corrected chi connectivity index (χ2v) is 3.82. The van der Waals surface area contributed by atoms with Crippen molar-refractivity contribution >= 4 is 5.69 Å². The summed E-state index contributed by atoms with van der Waals surface area (Å²) in [5.74, 6) is 0.453. The van der Waals surface area contributed by atoms with Gasteiger partial charge in [-0.15, -0.1) is 0 Å². The van der Waals surface area contributed by atoms with E-state index in [1.165, 1.54) is 6.42 Å². The van der Waals surface area contributed by atoms with E-state index < -0.39 is 0 Å². The third-order valence-corrected chi connectivity index (χ3v) is 2.91. The van der Waals surface area contributed by atoms with Crippen molar-refractivity contribution in [3.8, 4) is 0 Å². The molecule has 5 N–H and O–H groups in total. The highest BCUT2D eigenvalue weighted by molar-refractivity contribution is 5.47. The number of aromatic amines is 1. The van der Waals surface area contributed by atoms with Crippen LogP contribution >= 0.6 is 0 Å². The number of H-pyrrole nitrogens is 1. The fourth-order valence-electron chi connectivity index (χ4n) is 1.79. The summed E-state index contributed by atoms with van der Waals surface area (Å²) in [4.78, 5) is 14.3. The maximum atomic E-state index is 11.5. The Morgan fingerprint density at radius 1 is 1.50 bits per heavy atom. The van der Waals surface area contributed by atoms with Crippen LogP contribution in [0.5, 0.6) is 0 Å². The lowest BCUT2D eigenvalue weighted by Gasteiger charge is -2.26. The van der Waals surface area contributed by atoms with E-state index in [1.54, 1.807) is 6.07 Å². The zero-order valence-corrected chi connectivity index (χ0v) is 8.05. The smallest absolute Gasteiger partial charge is 0.252 e. The Balaban J connectivity index is 2.41. The highest BCUT2D eigenvalue weighted by atomic mass is 16.1. The van der Waals surface area contributed by atoms with Gasteiger partial charge >= 0.3 is 0 Å². The van der Waals surface area contributed by atoms with E-state index >= 15 is 0 Å². The minimum Gasteiger partial charge on any atom is -0.397 e. The summed E-state index contributed by atoms with van der Waals surface area (Å²) in [6.45, 7) is 0.241. The Morgan fingerprint density at radius 2 is 2.21 bits per heavy atom. The van der Waals surface area contributed by atoms with E-state index in [1.807, 2.05) is 0 Å². The molecule has 0 amide bonds. The van der Waals surface area contributed by atoms with Gasteiger partial charge in [-0.2, -0.15) is 0 Å². The van der Waals surface area contributed by atoms with Crippen LogP contribution in [0.15, 0.2) is 10.9 Å². The standard InChI is InChI=1S/C10H15N3O/c11-5-7-4-8(12)9(13-10(7)14)6-2-1-3-6/h4,6H,1-3,5,11-12H2,(H,13,14). The second-order valence-electron chi connectivity index (χ2n) is 3.82. The van der Waals surface area contributed by atoms with Crippen molar-refractivity contribution in [2.75, 3.05) is 5.73 Å². The van der Waals surface area contributed by atoms with Gasteiger partial charge in [0.05, 0.1) is 5.69 Å². The maximum Gasteiger partial charge on any atom is 0.252 e. The van der Waals surface area contributed by atoms with Crippen molar-refractivity contribution in [2.45, 2.75) is 31.7 Å². The summed E-state index contributed by atoms with van der Waals surface area (Å²) in [6.07, 6.45) is 3.48. The summed E-state index contributed by atoms with van der Waals surface area (Å²) in [5, 5.41) is 0. The second kappa shape index (κ2) is 3.46. The van der Waals surface area contributed by atoms with Crippen LogP contribution in [0.2, 0.25) is 0 Å². The number of hydrogen-bond donors (Lipinski definition) is 3. The highest BCUT2D eigenvalue weighted by Gasteiger charge is 2.22. The van der Waals surface area contributed by atoms with Gasteiger partial charge in [0.25, 0.3) is 5.56 Å². The monoisotopic (exact) mass is 193 g/mol. The Kier molecular flexibility index (Phi) is 2.29. The van der Waals surface area contributed by atoms with E-state index in [-0.39, 0.29) is 12.1 Å². The lowest BCUT2D eigenvalue weighted by molar-refractivity contribution is 0.411. The van der Waals surface area contributed by atoms with Crippen molar-refractivity contribution in [3.63, 3.8) is 0 Å². The normalized spacial score (nSPS) is 16.6. The van der Waals surface area contributed by atoms with Crippen LogP contribution in [0.1, 0.15) is 36.4 Å². The number of nitrogens with one attached hydrogen (secondary N) is 1. The number of aromatic nitrogens is 1. The molecule has 0 saturated heterocycles. The first kappa shape index (κ1) is 9.27. The molecule has 2 rings (SSSR count). The van der Waals surface area contributed by atoms with Crippen LogP contribution in [0.3, 0.4) is 0 Å². The molecule has 1 saturated carbocycles. The molecule has 76 valence electrons. The summed E-state index contributed by atoms with van der Waals surface area (Å²) >= 11 is 0. The van der Waals surface area contributed by atoms with Crippen molar-refractivity contribution < 1.29 is 0 Å². The summed E-state index contributed by atoms with van der Waals surface area (Å²) in [6, 6.07) is 1.70. The van der Waals surface area contributed by atoms with E-state index in [4.69, 9.17) is 11.5 Å². The van der Waals surface area contributed by atoms with Gasteiger partial charge in [0.1, 0.15) is 0 Å². The number of hydrogen-bond acceptors (Lipinski definition) is 3. The SMILES string of the molecule is NCc1cc(N)c(C2CCC2)[nH]c1=O. The molecular weight excluding hydrogens is 178 g/mol. The quantitative estimate of drug-likeness (QED) is 0.645. The molecule has 1 heterocycles. The van der Waals surface area contributed by atoms with Gasteiger partial charge < -0.3 is 16.5 Å². The van der Waals surface area contributed by atoms with Crippen molar-refractivity contribution in [1.29, 1.82) is 0 Å². The Bertz CT molecular complexity index is 393. The topological polar surface area (TPSA) is 84.9 Å². The number of nitrogens with two attached hydrogens (primary N) is 2. The third kappa shape index (κ3) is 1.42. The number of nitrogen functional groups attached to an aromatic ring is 1. The molecular formula is C10H15N3O. The molecule has 0 atom stereocenters. The molecule has 0 spiro atoms. The number of rotatable bonds is 2. The van der Waals surface area contributed by atoms with Gasteiger partial charge in [-0.3, -0.25) is 4.79 Å². The largest absolute Gasteiger partial charge is 0.397 e. The minimum absolute atomic E-state index is 0.0939. The van der Waals surface area contributed by atoms with E-state index in [9.17, 15) is 4.79 Å². The van der Waals surface area contributed by atoms with Crippen LogP contribution in [-0.4, -0.2) is 4.98 Å². The van der Waals surface area contributed by atoms with Gasteiger partial charge in [-0.1, -0.05) is 6.42 Å². The van der Waals surface area contributed by atoms with Crippen LogP contribution in [0.4, 0.5) is 5.69 Å². The van der Waals surface area contributed by atoms with Crippen LogP contribution < -0.4 is 17.0 Å². The molecule has 1 aliphatic rings. The summed E-state index contributed by atoms with van der Waals surface area (Å²) in [5.41, 5.74) is 13.3. The molecule has 4 heteroatoms. The van der Waals surface area contributed by atoms with Gasteiger partial charge in [0.2, 0.25) is 0 Å². The van der Waals surface area contributed by atoms with E-state index in [0.717, 1.165) is 18.5 Å². The van der Waals surface area contributed by atoms with E-state index in [2.05, 4.69) is 4.98 Å². The first-order valence-electron chi connectivity index (χ1n) is 4.94. The molecule has 0 aliphatic heterocycles. The maximum absolute atomic E-state index is 11.5. The Morgan fingerprint density at radius 3 is 2.71 bits per heavy atom. The van der Waals surface area contributed by atoms with Crippen LogP contribution in [0.25, 0.3) is 0 Å². The molecule has 1 fully saturated rings. The van der Waals surface area contributed by atoms with Crippen molar-refractivity contribution in [2.24, 2.45) is 5.73 Å². The predicted molar refractivity (Wildman–Crippen MR) is 56.0 cm³/mol. The highest BCUT2D eigenvalue weighted by Crippen LogP contribution is 2.37. The number of anilines is 1. The molecule has 0 bridgehead atoms. The van der Waals surface area contributed by atoms with Crippen LogP contribution in [0, 0.1) is 0 Å². The molecule has 0 unspecified atom stereocenters. The van der Waals surface area contributed by atoms with Crippen molar-refractivity contribution in [1.82, 2.24) is 4.98 Å². The molecule has 4 nitrogen and oxygen atoms in total. The van der Waals surface area contributed by atoms with Gasteiger partial charge in [-0.05, 0) is 18.9 Å². The average Bonchev–Trinajstić information content (AvgIpc) is 2.08. The summed E-state index contributed by atoms with van der Waals surface area (Å²) in [7, 11) is 0. The summed E-state index contributed by atoms with van der Waals surface area (Å²) < 4.78 is 0. The Hall–Kier alpha value is -1.29. The lowest BCUT2D eigenvalue weighted by Crippen LogP contribution is -2.22. The molecule has 1 aromatic heterocycles. The third-order valence-electron chi connectivity index (χ3n) is 2.91. The predicted octanol–water partition coefficient (Wildman–Crippen LogP) is 0.683. The first-order valence-corrected chi connectivity index (χ1v) is 4.94.